The summed E-state index contributed by atoms with van der Waals surface area (Å²) >= 11 is 0. The number of furan rings is 2. The summed E-state index contributed by atoms with van der Waals surface area (Å²) in [7, 11) is 0. The molecule has 0 amide bonds. The van der Waals surface area contributed by atoms with Gasteiger partial charge in [0, 0.05) is 21.5 Å². The van der Waals surface area contributed by atoms with Gasteiger partial charge in [0.15, 0.2) is 0 Å². The minimum Gasteiger partial charge on any atom is -0.456 e. The van der Waals surface area contributed by atoms with Crippen LogP contribution < -0.4 is 0 Å². The van der Waals surface area contributed by atoms with Crippen molar-refractivity contribution in [2.45, 2.75) is 0 Å². The van der Waals surface area contributed by atoms with Gasteiger partial charge in [-0.2, -0.15) is 0 Å². The molecule has 0 bridgehead atoms. The van der Waals surface area contributed by atoms with E-state index < -0.39 is 0 Å². The van der Waals surface area contributed by atoms with Gasteiger partial charge in [0.25, 0.3) is 0 Å². The number of fused-ring (bicyclic) bond motifs is 11. The molecule has 2 heteroatoms. The molecular formula is C62H36O2. The smallest absolute Gasteiger partial charge is 0.136 e. The summed E-state index contributed by atoms with van der Waals surface area (Å²) in [6.07, 6.45) is 0. The average molecular weight is 813 g/mol. The van der Waals surface area contributed by atoms with Crippen molar-refractivity contribution in [1.29, 1.82) is 0 Å². The molecule has 0 fully saturated rings. The number of hydrogen-bond donors (Lipinski definition) is 0. The Morgan fingerprint density at radius 1 is 0.203 bits per heavy atom. The lowest BCUT2D eigenvalue weighted by Gasteiger charge is -2.20. The van der Waals surface area contributed by atoms with Crippen LogP contribution in [0.1, 0.15) is 0 Å². The normalized spacial score (nSPS) is 12.1. The summed E-state index contributed by atoms with van der Waals surface area (Å²) < 4.78 is 12.8. The van der Waals surface area contributed by atoms with Gasteiger partial charge >= 0.3 is 0 Å². The van der Waals surface area contributed by atoms with Crippen LogP contribution in [-0.2, 0) is 0 Å². The van der Waals surface area contributed by atoms with Crippen molar-refractivity contribution >= 4 is 97.7 Å². The Morgan fingerprint density at radius 2 is 0.656 bits per heavy atom. The second-order valence-electron chi connectivity index (χ2n) is 17.1. The standard InChI is InChI=1S/C62H36O2/c1-2-12-40-31-41(26-23-37(40)11-1)38-21-24-39(25-22-38)61-49-16-5-7-18-51(49)62(52-19-8-6-17-50(52)61)53-30-29-45(46-13-3-4-14-47(46)53)43-28-27-42-34-58-54(33-44(42)32-43)56-36-59-55(35-60(56)64-58)48-15-9-10-20-57(48)63-59/h1-36H. The highest BCUT2D eigenvalue weighted by molar-refractivity contribution is 6.24. The van der Waals surface area contributed by atoms with Gasteiger partial charge in [0.1, 0.15) is 22.3 Å². The molecule has 0 atom stereocenters. The molecule has 2 aromatic heterocycles. The molecule has 0 saturated carbocycles. The van der Waals surface area contributed by atoms with Gasteiger partial charge in [-0.15, -0.1) is 0 Å². The summed E-state index contributed by atoms with van der Waals surface area (Å²) in [6, 6.07) is 79.7. The van der Waals surface area contributed by atoms with E-state index in [1.807, 2.05) is 12.1 Å². The molecule has 14 aromatic rings. The monoisotopic (exact) mass is 812 g/mol. The fourth-order valence-corrected chi connectivity index (χ4v) is 10.6. The molecule has 0 unspecified atom stereocenters. The predicted octanol–water partition coefficient (Wildman–Crippen LogP) is 17.9. The molecule has 0 aliphatic carbocycles. The highest BCUT2D eigenvalue weighted by Gasteiger charge is 2.20. The molecule has 14 rings (SSSR count). The lowest BCUT2D eigenvalue weighted by molar-refractivity contribution is 0.664. The van der Waals surface area contributed by atoms with Crippen LogP contribution in [0.4, 0.5) is 0 Å². The summed E-state index contributed by atoms with van der Waals surface area (Å²) in [5.41, 5.74) is 13.3. The number of para-hydroxylation sites is 1. The third kappa shape index (κ3) is 5.27. The first-order chi connectivity index (χ1) is 31.7. The molecule has 0 saturated heterocycles. The first-order valence-electron chi connectivity index (χ1n) is 22.0. The lowest BCUT2D eigenvalue weighted by atomic mass is 9.83. The second-order valence-corrected chi connectivity index (χ2v) is 17.1. The van der Waals surface area contributed by atoms with Gasteiger partial charge in [-0.3, -0.25) is 0 Å². The third-order valence-electron chi connectivity index (χ3n) is 13.6. The van der Waals surface area contributed by atoms with Gasteiger partial charge in [-0.05, 0) is 141 Å². The SMILES string of the molecule is c1ccc2cc(-c3ccc(-c4c5ccccc5c(-c5ccc(-c6ccc7cc8oc9cc%10c(cc9c8cc7c6)oc6ccccc6%10)c6ccccc56)c5ccccc45)cc3)ccc2c1. The Bertz CT molecular complexity index is 4180. The van der Waals surface area contributed by atoms with E-state index in [9.17, 15) is 0 Å². The van der Waals surface area contributed by atoms with Crippen molar-refractivity contribution in [3.8, 4) is 44.5 Å². The molecular weight excluding hydrogens is 777 g/mol. The Labute approximate surface area is 367 Å². The van der Waals surface area contributed by atoms with Crippen LogP contribution in [0.5, 0.6) is 0 Å². The fraction of sp³-hybridized carbons (Fsp3) is 0. The van der Waals surface area contributed by atoms with E-state index >= 15 is 0 Å². The van der Waals surface area contributed by atoms with E-state index in [0.29, 0.717) is 0 Å². The third-order valence-corrected chi connectivity index (χ3v) is 13.6. The van der Waals surface area contributed by atoms with E-state index in [4.69, 9.17) is 8.83 Å². The highest BCUT2D eigenvalue weighted by Crippen LogP contribution is 2.47. The van der Waals surface area contributed by atoms with Crippen LogP contribution in [-0.4, -0.2) is 0 Å². The molecule has 64 heavy (non-hydrogen) atoms. The van der Waals surface area contributed by atoms with Gasteiger partial charge < -0.3 is 8.83 Å². The van der Waals surface area contributed by atoms with Crippen molar-refractivity contribution < 1.29 is 8.83 Å². The molecule has 2 heterocycles. The van der Waals surface area contributed by atoms with Crippen LogP contribution >= 0.6 is 0 Å². The molecule has 0 radical (unpaired) electrons. The summed E-state index contributed by atoms with van der Waals surface area (Å²) in [5.74, 6) is 0. The lowest BCUT2D eigenvalue weighted by Crippen LogP contribution is -1.92. The van der Waals surface area contributed by atoms with Gasteiger partial charge in [0.2, 0.25) is 0 Å². The average Bonchev–Trinajstić information content (AvgIpc) is 3.90. The fourth-order valence-electron chi connectivity index (χ4n) is 10.6. The van der Waals surface area contributed by atoms with Crippen LogP contribution in [0, 0.1) is 0 Å². The van der Waals surface area contributed by atoms with E-state index in [1.165, 1.54) is 93.0 Å². The zero-order valence-electron chi connectivity index (χ0n) is 34.6. The zero-order valence-corrected chi connectivity index (χ0v) is 34.6. The largest absolute Gasteiger partial charge is 0.456 e. The first-order valence-corrected chi connectivity index (χ1v) is 22.0. The maximum Gasteiger partial charge on any atom is 0.136 e. The van der Waals surface area contributed by atoms with Crippen LogP contribution in [0.15, 0.2) is 227 Å². The zero-order chi connectivity index (χ0) is 41.9. The first kappa shape index (κ1) is 35.2. The predicted molar refractivity (Wildman–Crippen MR) is 270 cm³/mol. The van der Waals surface area contributed by atoms with Crippen molar-refractivity contribution in [3.05, 3.63) is 218 Å². The van der Waals surface area contributed by atoms with Crippen molar-refractivity contribution in [3.63, 3.8) is 0 Å². The van der Waals surface area contributed by atoms with Gasteiger partial charge in [0.05, 0.1) is 0 Å². The van der Waals surface area contributed by atoms with E-state index in [-0.39, 0.29) is 0 Å². The number of rotatable bonds is 4. The van der Waals surface area contributed by atoms with Crippen LogP contribution in [0.3, 0.4) is 0 Å². The molecule has 0 aliphatic rings. The van der Waals surface area contributed by atoms with Crippen molar-refractivity contribution in [2.24, 2.45) is 0 Å². The molecule has 0 N–H and O–H groups in total. The molecule has 296 valence electrons. The number of hydrogen-bond acceptors (Lipinski definition) is 2. The Morgan fingerprint density at radius 3 is 1.39 bits per heavy atom. The molecule has 2 nitrogen and oxygen atoms in total. The van der Waals surface area contributed by atoms with E-state index in [0.717, 1.165) is 49.3 Å². The summed E-state index contributed by atoms with van der Waals surface area (Å²) in [6.45, 7) is 0. The Balaban J connectivity index is 0.906. The molecule has 12 aromatic carbocycles. The van der Waals surface area contributed by atoms with Gasteiger partial charge in [-0.1, -0.05) is 176 Å². The number of benzene rings is 12. The Hall–Kier alpha value is -8.46. The van der Waals surface area contributed by atoms with Crippen molar-refractivity contribution in [1.82, 2.24) is 0 Å². The quantitative estimate of drug-likeness (QED) is 0.166. The van der Waals surface area contributed by atoms with E-state index in [1.54, 1.807) is 0 Å². The van der Waals surface area contributed by atoms with Crippen LogP contribution in [0.25, 0.3) is 142 Å². The summed E-state index contributed by atoms with van der Waals surface area (Å²) in [5, 5.41) is 16.6. The minimum atomic E-state index is 0.870. The summed E-state index contributed by atoms with van der Waals surface area (Å²) in [4.78, 5) is 0. The van der Waals surface area contributed by atoms with Crippen molar-refractivity contribution in [2.75, 3.05) is 0 Å². The van der Waals surface area contributed by atoms with Gasteiger partial charge in [-0.25, -0.2) is 0 Å². The maximum atomic E-state index is 6.50. The van der Waals surface area contributed by atoms with Crippen LogP contribution in [0.2, 0.25) is 0 Å². The molecule has 0 aliphatic heterocycles. The Kier molecular flexibility index (Phi) is 7.43. The molecule has 0 spiro atoms. The topological polar surface area (TPSA) is 26.3 Å². The minimum absolute atomic E-state index is 0.870. The maximum absolute atomic E-state index is 6.50. The second kappa shape index (κ2) is 13.5. The highest BCUT2D eigenvalue weighted by atomic mass is 16.3. The van der Waals surface area contributed by atoms with E-state index in [2.05, 4.69) is 206 Å².